The molecule has 1 rings (SSSR count). The third-order valence-corrected chi connectivity index (χ3v) is 4.14. The van der Waals surface area contributed by atoms with E-state index in [1.807, 2.05) is 20.0 Å². The first-order chi connectivity index (χ1) is 7.44. The van der Waals surface area contributed by atoms with Gasteiger partial charge in [0.05, 0.1) is 17.1 Å². The molecular formula is C10H19N3O2S. The topological polar surface area (TPSA) is 64.0 Å². The number of aryl methyl sites for hydroxylation is 2. The van der Waals surface area contributed by atoms with Crippen molar-refractivity contribution >= 4 is 9.84 Å². The van der Waals surface area contributed by atoms with Crippen LogP contribution in [0.3, 0.4) is 0 Å². The van der Waals surface area contributed by atoms with Crippen molar-refractivity contribution in [1.82, 2.24) is 15.1 Å². The number of rotatable bonds is 6. The maximum absolute atomic E-state index is 11.2. The Balaban J connectivity index is 2.34. The van der Waals surface area contributed by atoms with Crippen molar-refractivity contribution in [2.75, 3.05) is 18.1 Å². The lowest BCUT2D eigenvalue weighted by Crippen LogP contribution is -2.24. The van der Waals surface area contributed by atoms with E-state index >= 15 is 0 Å². The number of nitrogens with zero attached hydrogens (tertiary/aromatic N) is 2. The summed E-state index contributed by atoms with van der Waals surface area (Å²) in [5.74, 6) is 0.403. The summed E-state index contributed by atoms with van der Waals surface area (Å²) in [6.45, 7) is 4.74. The minimum atomic E-state index is -2.86. The van der Waals surface area contributed by atoms with E-state index in [0.29, 0.717) is 13.1 Å². The molecule has 0 amide bonds. The SMILES string of the molecule is CCS(=O)(=O)CCNCc1cc(C)nn1C. The molecule has 16 heavy (non-hydrogen) atoms. The molecule has 0 atom stereocenters. The fraction of sp³-hybridized carbons (Fsp3) is 0.700. The molecule has 0 aromatic carbocycles. The van der Waals surface area contributed by atoms with Gasteiger partial charge in [-0.3, -0.25) is 4.68 Å². The smallest absolute Gasteiger partial charge is 0.151 e. The van der Waals surface area contributed by atoms with E-state index in [9.17, 15) is 8.42 Å². The summed E-state index contributed by atoms with van der Waals surface area (Å²) < 4.78 is 24.3. The van der Waals surface area contributed by atoms with Crippen molar-refractivity contribution in [2.24, 2.45) is 7.05 Å². The van der Waals surface area contributed by atoms with Crippen LogP contribution in [0.5, 0.6) is 0 Å². The third kappa shape index (κ3) is 3.94. The highest BCUT2D eigenvalue weighted by Gasteiger charge is 2.06. The van der Waals surface area contributed by atoms with Crippen molar-refractivity contribution in [1.29, 1.82) is 0 Å². The van der Waals surface area contributed by atoms with Gasteiger partial charge in [-0.05, 0) is 13.0 Å². The molecule has 0 saturated heterocycles. The first kappa shape index (κ1) is 13.2. The van der Waals surface area contributed by atoms with Crippen LogP contribution in [0.4, 0.5) is 0 Å². The molecule has 0 radical (unpaired) electrons. The van der Waals surface area contributed by atoms with Gasteiger partial charge in [0, 0.05) is 25.9 Å². The minimum absolute atomic E-state index is 0.195. The van der Waals surface area contributed by atoms with Gasteiger partial charge in [0.2, 0.25) is 0 Å². The lowest BCUT2D eigenvalue weighted by atomic mass is 10.3. The third-order valence-electron chi connectivity index (χ3n) is 2.43. The van der Waals surface area contributed by atoms with E-state index in [4.69, 9.17) is 0 Å². The zero-order valence-electron chi connectivity index (χ0n) is 10.0. The lowest BCUT2D eigenvalue weighted by Gasteiger charge is -2.04. The predicted octanol–water partition coefficient (Wildman–Crippen LogP) is 0.253. The maximum atomic E-state index is 11.2. The Bertz CT molecular complexity index is 437. The van der Waals surface area contributed by atoms with Gasteiger partial charge in [-0.2, -0.15) is 5.10 Å². The second-order valence-electron chi connectivity index (χ2n) is 3.81. The van der Waals surface area contributed by atoms with Crippen LogP contribution < -0.4 is 5.32 Å². The van der Waals surface area contributed by atoms with E-state index in [0.717, 1.165) is 11.4 Å². The summed E-state index contributed by atoms with van der Waals surface area (Å²) in [5, 5.41) is 7.32. The molecule has 0 aliphatic rings. The second kappa shape index (κ2) is 5.45. The number of aromatic nitrogens is 2. The van der Waals surface area contributed by atoms with Crippen LogP contribution in [0, 0.1) is 6.92 Å². The van der Waals surface area contributed by atoms with Crippen molar-refractivity contribution < 1.29 is 8.42 Å². The van der Waals surface area contributed by atoms with Gasteiger partial charge in [-0.1, -0.05) is 6.92 Å². The van der Waals surface area contributed by atoms with Crippen molar-refractivity contribution in [3.05, 3.63) is 17.5 Å². The standard InChI is InChI=1S/C10H19N3O2S/c1-4-16(14,15)6-5-11-8-10-7-9(2)12-13(10)3/h7,11H,4-6,8H2,1-3H3. The monoisotopic (exact) mass is 245 g/mol. The molecule has 0 aliphatic carbocycles. The van der Waals surface area contributed by atoms with Gasteiger partial charge < -0.3 is 5.32 Å². The van der Waals surface area contributed by atoms with Crippen LogP contribution in [0.1, 0.15) is 18.3 Å². The molecule has 5 nitrogen and oxygen atoms in total. The van der Waals surface area contributed by atoms with Crippen LogP contribution in [0.25, 0.3) is 0 Å². The van der Waals surface area contributed by atoms with Gasteiger partial charge in [0.25, 0.3) is 0 Å². The number of nitrogens with one attached hydrogen (secondary N) is 1. The normalized spacial score (nSPS) is 11.9. The summed E-state index contributed by atoms with van der Waals surface area (Å²) in [4.78, 5) is 0. The Morgan fingerprint density at radius 1 is 1.50 bits per heavy atom. The van der Waals surface area contributed by atoms with Crippen molar-refractivity contribution in [3.8, 4) is 0 Å². The van der Waals surface area contributed by atoms with E-state index < -0.39 is 9.84 Å². The molecule has 1 aromatic heterocycles. The Kier molecular flexibility index (Phi) is 4.49. The Morgan fingerprint density at radius 3 is 2.69 bits per heavy atom. The quantitative estimate of drug-likeness (QED) is 0.730. The highest BCUT2D eigenvalue weighted by atomic mass is 32.2. The molecule has 0 spiro atoms. The summed E-state index contributed by atoms with van der Waals surface area (Å²) in [5.41, 5.74) is 2.03. The fourth-order valence-electron chi connectivity index (χ4n) is 1.42. The van der Waals surface area contributed by atoms with Gasteiger partial charge >= 0.3 is 0 Å². The minimum Gasteiger partial charge on any atom is -0.310 e. The average molecular weight is 245 g/mol. The maximum Gasteiger partial charge on any atom is 0.151 e. The molecule has 0 bridgehead atoms. The Morgan fingerprint density at radius 2 is 2.19 bits per heavy atom. The Hall–Kier alpha value is -0.880. The fourth-order valence-corrected chi connectivity index (χ4v) is 2.16. The van der Waals surface area contributed by atoms with E-state index in [2.05, 4.69) is 10.4 Å². The second-order valence-corrected chi connectivity index (χ2v) is 6.29. The number of hydrogen-bond acceptors (Lipinski definition) is 4. The van der Waals surface area contributed by atoms with Gasteiger partial charge in [0.1, 0.15) is 0 Å². The molecule has 0 unspecified atom stereocenters. The average Bonchev–Trinajstić information content (AvgIpc) is 2.52. The highest BCUT2D eigenvalue weighted by molar-refractivity contribution is 7.91. The lowest BCUT2D eigenvalue weighted by molar-refractivity contribution is 0.588. The van der Waals surface area contributed by atoms with Gasteiger partial charge in [-0.15, -0.1) is 0 Å². The summed E-state index contributed by atoms with van der Waals surface area (Å²) in [6.07, 6.45) is 0. The van der Waals surface area contributed by atoms with E-state index in [1.54, 1.807) is 11.6 Å². The number of hydrogen-bond donors (Lipinski definition) is 1. The summed E-state index contributed by atoms with van der Waals surface area (Å²) in [7, 11) is -0.982. The van der Waals surface area contributed by atoms with E-state index in [-0.39, 0.29) is 11.5 Å². The van der Waals surface area contributed by atoms with Gasteiger partial charge in [-0.25, -0.2) is 8.42 Å². The zero-order valence-corrected chi connectivity index (χ0v) is 10.8. The van der Waals surface area contributed by atoms with Crippen molar-refractivity contribution in [2.45, 2.75) is 20.4 Å². The number of sulfone groups is 1. The molecule has 0 saturated carbocycles. The van der Waals surface area contributed by atoms with Crippen LogP contribution in [-0.2, 0) is 23.4 Å². The van der Waals surface area contributed by atoms with Crippen LogP contribution >= 0.6 is 0 Å². The predicted molar refractivity (Wildman–Crippen MR) is 64.0 cm³/mol. The molecular weight excluding hydrogens is 226 g/mol. The molecule has 1 aromatic rings. The summed E-state index contributed by atoms with van der Waals surface area (Å²) >= 11 is 0. The highest BCUT2D eigenvalue weighted by Crippen LogP contribution is 2.00. The van der Waals surface area contributed by atoms with Crippen LogP contribution in [-0.4, -0.2) is 36.2 Å². The van der Waals surface area contributed by atoms with E-state index in [1.165, 1.54) is 0 Å². The van der Waals surface area contributed by atoms with Crippen LogP contribution in [0.15, 0.2) is 6.07 Å². The largest absolute Gasteiger partial charge is 0.310 e. The molecule has 92 valence electrons. The Labute approximate surface area is 96.8 Å². The molecule has 0 aliphatic heterocycles. The molecule has 6 heteroatoms. The first-order valence-corrected chi connectivity index (χ1v) is 7.17. The van der Waals surface area contributed by atoms with Crippen molar-refractivity contribution in [3.63, 3.8) is 0 Å². The molecule has 1 heterocycles. The summed E-state index contributed by atoms with van der Waals surface area (Å²) in [6, 6.07) is 1.99. The molecule has 0 fully saturated rings. The molecule has 1 N–H and O–H groups in total. The van der Waals surface area contributed by atoms with Crippen LogP contribution in [0.2, 0.25) is 0 Å². The van der Waals surface area contributed by atoms with Gasteiger partial charge in [0.15, 0.2) is 9.84 Å². The zero-order chi connectivity index (χ0) is 12.2. The first-order valence-electron chi connectivity index (χ1n) is 5.35.